The number of benzene rings is 2. The summed E-state index contributed by atoms with van der Waals surface area (Å²) in [4.78, 5) is 24.3. The van der Waals surface area contributed by atoms with Crippen LogP contribution in [0.2, 0.25) is 10.0 Å². The molecule has 2 rings (SSSR count). The highest BCUT2D eigenvalue weighted by Gasteiger charge is 2.23. The van der Waals surface area contributed by atoms with Gasteiger partial charge in [-0.15, -0.1) is 0 Å². The van der Waals surface area contributed by atoms with E-state index in [1.54, 1.807) is 18.2 Å². The summed E-state index contributed by atoms with van der Waals surface area (Å²) in [5.41, 5.74) is 0.515. The second kappa shape index (κ2) is 8.27. The van der Waals surface area contributed by atoms with Crippen LogP contribution in [0.15, 0.2) is 36.4 Å². The van der Waals surface area contributed by atoms with Crippen molar-refractivity contribution in [1.82, 2.24) is 10.6 Å². The number of hydrogen-bond acceptors (Lipinski definition) is 2. The molecule has 4 nitrogen and oxygen atoms in total. The molecule has 0 bridgehead atoms. The molecule has 25 heavy (non-hydrogen) atoms. The summed E-state index contributed by atoms with van der Waals surface area (Å²) in [5.74, 6) is -3.29. The molecule has 8 heteroatoms. The lowest BCUT2D eigenvalue weighted by Gasteiger charge is -2.18. The van der Waals surface area contributed by atoms with E-state index in [9.17, 15) is 18.4 Å². The Hall–Kier alpha value is -2.18. The Balaban J connectivity index is 2.23. The number of carbonyl (C=O) groups is 2. The van der Waals surface area contributed by atoms with Gasteiger partial charge in [0.05, 0.1) is 6.42 Å². The summed E-state index contributed by atoms with van der Waals surface area (Å²) in [6, 6.07) is 6.59. The van der Waals surface area contributed by atoms with E-state index in [4.69, 9.17) is 23.2 Å². The zero-order chi connectivity index (χ0) is 18.6. The molecule has 0 aromatic heterocycles. The van der Waals surface area contributed by atoms with Crippen LogP contribution < -0.4 is 10.6 Å². The van der Waals surface area contributed by atoms with Gasteiger partial charge in [-0.2, -0.15) is 0 Å². The smallest absolute Gasteiger partial charge is 0.246 e. The zero-order valence-corrected chi connectivity index (χ0v) is 14.6. The van der Waals surface area contributed by atoms with Crippen molar-refractivity contribution in [3.8, 4) is 0 Å². The highest BCUT2D eigenvalue weighted by atomic mass is 35.5. The van der Waals surface area contributed by atoms with E-state index in [-0.39, 0.29) is 12.0 Å². The Morgan fingerprint density at radius 1 is 1.08 bits per heavy atom. The molecule has 2 aromatic carbocycles. The second-order valence-corrected chi connectivity index (χ2v) is 5.98. The molecule has 0 spiro atoms. The van der Waals surface area contributed by atoms with E-state index in [2.05, 4.69) is 10.6 Å². The van der Waals surface area contributed by atoms with Crippen molar-refractivity contribution in [2.24, 2.45) is 0 Å². The molecule has 1 atom stereocenters. The van der Waals surface area contributed by atoms with Gasteiger partial charge >= 0.3 is 0 Å². The third kappa shape index (κ3) is 4.67. The minimum absolute atomic E-state index is 0.108. The van der Waals surface area contributed by atoms with Gasteiger partial charge in [-0.25, -0.2) is 8.78 Å². The average Bonchev–Trinajstić information content (AvgIpc) is 2.58. The average molecular weight is 387 g/mol. The zero-order valence-electron chi connectivity index (χ0n) is 13.1. The number of likely N-dealkylation sites (N-methyl/N-ethyl adjacent to an activating group) is 1. The Kier molecular flexibility index (Phi) is 6.33. The third-order valence-electron chi connectivity index (χ3n) is 3.49. The summed E-state index contributed by atoms with van der Waals surface area (Å²) in [5, 5.41) is 5.47. The fourth-order valence-corrected chi connectivity index (χ4v) is 2.74. The number of rotatable bonds is 5. The second-order valence-electron chi connectivity index (χ2n) is 5.17. The molecule has 0 aliphatic carbocycles. The first-order valence-corrected chi connectivity index (χ1v) is 7.98. The predicted molar refractivity (Wildman–Crippen MR) is 91.5 cm³/mol. The molecular formula is C17H14Cl2F2N2O2. The number of amides is 2. The van der Waals surface area contributed by atoms with Crippen molar-refractivity contribution >= 4 is 35.0 Å². The third-order valence-corrected chi connectivity index (χ3v) is 4.20. The molecule has 0 radical (unpaired) electrons. The van der Waals surface area contributed by atoms with E-state index >= 15 is 0 Å². The monoisotopic (exact) mass is 386 g/mol. The predicted octanol–water partition coefficient (Wildman–Crippen LogP) is 3.42. The van der Waals surface area contributed by atoms with Crippen LogP contribution in [0.25, 0.3) is 0 Å². The van der Waals surface area contributed by atoms with Crippen LogP contribution in [-0.4, -0.2) is 18.9 Å². The molecular weight excluding hydrogens is 373 g/mol. The minimum atomic E-state index is -1.19. The molecule has 1 unspecified atom stereocenters. The molecule has 2 amide bonds. The lowest BCUT2D eigenvalue weighted by Crippen LogP contribution is -2.39. The van der Waals surface area contributed by atoms with E-state index in [0.717, 1.165) is 12.1 Å². The van der Waals surface area contributed by atoms with Crippen LogP contribution >= 0.6 is 23.2 Å². The summed E-state index contributed by atoms with van der Waals surface area (Å²) in [6.07, 6.45) is -0.171. The molecule has 0 fully saturated rings. The Bertz CT molecular complexity index is 795. The standard InChI is InChI=1S/C17H14Cl2F2N2O2/c1-22-17(25)16(9-5-6-13(20)14(21)7-9)23-15(24)8-10-11(18)3-2-4-12(10)19/h2-7,16H,8H2,1H3,(H,22,25)(H,23,24). The van der Waals surface area contributed by atoms with Crippen LogP contribution in [0.4, 0.5) is 8.78 Å². The number of nitrogens with one attached hydrogen (secondary N) is 2. The van der Waals surface area contributed by atoms with Crippen LogP contribution in [-0.2, 0) is 16.0 Å². The topological polar surface area (TPSA) is 58.2 Å². The summed E-state index contributed by atoms with van der Waals surface area (Å²) in [7, 11) is 1.37. The molecule has 132 valence electrons. The molecule has 0 heterocycles. The Morgan fingerprint density at radius 2 is 1.72 bits per heavy atom. The van der Waals surface area contributed by atoms with Gasteiger partial charge in [0.15, 0.2) is 11.6 Å². The largest absolute Gasteiger partial charge is 0.357 e. The Morgan fingerprint density at radius 3 is 2.28 bits per heavy atom. The molecule has 0 aliphatic rings. The number of hydrogen-bond donors (Lipinski definition) is 2. The highest BCUT2D eigenvalue weighted by molar-refractivity contribution is 6.36. The first kappa shape index (κ1) is 19.1. The van der Waals surface area contributed by atoms with Crippen molar-refractivity contribution in [3.63, 3.8) is 0 Å². The van der Waals surface area contributed by atoms with Gasteiger partial charge < -0.3 is 10.6 Å². The maximum absolute atomic E-state index is 13.4. The first-order valence-electron chi connectivity index (χ1n) is 7.22. The van der Waals surface area contributed by atoms with Crippen molar-refractivity contribution in [2.75, 3.05) is 7.05 Å². The van der Waals surface area contributed by atoms with Gasteiger partial charge in [0.2, 0.25) is 11.8 Å². The van der Waals surface area contributed by atoms with Crippen LogP contribution in [0, 0.1) is 11.6 Å². The number of carbonyl (C=O) groups excluding carboxylic acids is 2. The van der Waals surface area contributed by atoms with Gasteiger partial charge in [0.1, 0.15) is 6.04 Å². The highest BCUT2D eigenvalue weighted by Crippen LogP contribution is 2.25. The maximum Gasteiger partial charge on any atom is 0.246 e. The summed E-state index contributed by atoms with van der Waals surface area (Å²) >= 11 is 12.0. The van der Waals surface area contributed by atoms with Gasteiger partial charge in [-0.3, -0.25) is 9.59 Å². The van der Waals surface area contributed by atoms with E-state index in [1.807, 2.05) is 0 Å². The molecule has 0 saturated carbocycles. The van der Waals surface area contributed by atoms with Crippen molar-refractivity contribution < 1.29 is 18.4 Å². The van der Waals surface area contributed by atoms with Crippen LogP contribution in [0.3, 0.4) is 0 Å². The van der Waals surface area contributed by atoms with E-state index < -0.39 is 29.5 Å². The molecule has 0 aliphatic heterocycles. The molecule has 2 aromatic rings. The normalized spacial score (nSPS) is 11.7. The van der Waals surface area contributed by atoms with Crippen molar-refractivity contribution in [2.45, 2.75) is 12.5 Å². The SMILES string of the molecule is CNC(=O)C(NC(=O)Cc1c(Cl)cccc1Cl)c1ccc(F)c(F)c1. The quantitative estimate of drug-likeness (QED) is 0.826. The maximum atomic E-state index is 13.4. The first-order chi connectivity index (χ1) is 11.8. The van der Waals surface area contributed by atoms with Gasteiger partial charge in [0, 0.05) is 17.1 Å². The number of halogens is 4. The minimum Gasteiger partial charge on any atom is -0.357 e. The van der Waals surface area contributed by atoms with Crippen LogP contribution in [0.5, 0.6) is 0 Å². The van der Waals surface area contributed by atoms with Crippen molar-refractivity contribution in [1.29, 1.82) is 0 Å². The fraction of sp³-hybridized carbons (Fsp3) is 0.176. The van der Waals surface area contributed by atoms with Gasteiger partial charge in [-0.05, 0) is 35.4 Å². The Labute approximate surface area is 153 Å². The van der Waals surface area contributed by atoms with Crippen molar-refractivity contribution in [3.05, 3.63) is 69.2 Å². The van der Waals surface area contributed by atoms with E-state index in [0.29, 0.717) is 15.6 Å². The fourth-order valence-electron chi connectivity index (χ4n) is 2.21. The van der Waals surface area contributed by atoms with Crippen LogP contribution in [0.1, 0.15) is 17.2 Å². The lowest BCUT2D eigenvalue weighted by molar-refractivity contribution is -0.128. The van der Waals surface area contributed by atoms with Gasteiger partial charge in [-0.1, -0.05) is 35.3 Å². The van der Waals surface area contributed by atoms with E-state index in [1.165, 1.54) is 13.1 Å². The molecule has 2 N–H and O–H groups in total. The summed E-state index contributed by atoms with van der Waals surface area (Å²) < 4.78 is 26.5. The van der Waals surface area contributed by atoms with Gasteiger partial charge in [0.25, 0.3) is 0 Å². The molecule has 0 saturated heterocycles. The lowest BCUT2D eigenvalue weighted by atomic mass is 10.0. The summed E-state index contributed by atoms with van der Waals surface area (Å²) in [6.45, 7) is 0.